The highest BCUT2D eigenvalue weighted by Gasteiger charge is 2.10. The molecule has 0 unspecified atom stereocenters. The molecule has 168 valence electrons. The third-order valence-corrected chi connectivity index (χ3v) is 5.86. The summed E-state index contributed by atoms with van der Waals surface area (Å²) in [4.78, 5) is 16.3. The molecule has 0 spiro atoms. The molecule has 1 amide bonds. The lowest BCUT2D eigenvalue weighted by Gasteiger charge is -2.19. The van der Waals surface area contributed by atoms with Crippen molar-refractivity contribution in [3.8, 4) is 11.4 Å². The summed E-state index contributed by atoms with van der Waals surface area (Å²) in [5.41, 5.74) is 3.41. The van der Waals surface area contributed by atoms with Gasteiger partial charge in [-0.2, -0.15) is 4.80 Å². The van der Waals surface area contributed by atoms with Gasteiger partial charge in [-0.3, -0.25) is 9.69 Å². The van der Waals surface area contributed by atoms with Gasteiger partial charge in [-0.1, -0.05) is 67.4 Å². The van der Waals surface area contributed by atoms with Gasteiger partial charge in [-0.05, 0) is 48.7 Å². The molecule has 1 N–H and O–H groups in total. The van der Waals surface area contributed by atoms with E-state index in [4.69, 9.17) is 0 Å². The van der Waals surface area contributed by atoms with Crippen LogP contribution in [0.25, 0.3) is 11.4 Å². The zero-order chi connectivity index (χ0) is 22.0. The summed E-state index contributed by atoms with van der Waals surface area (Å²) < 4.78 is 0. The van der Waals surface area contributed by atoms with Crippen molar-refractivity contribution in [1.29, 1.82) is 0 Å². The topological polar surface area (TPSA) is 75.9 Å². The molecule has 7 nitrogen and oxygen atoms in total. The van der Waals surface area contributed by atoms with Crippen LogP contribution in [0.5, 0.6) is 0 Å². The Bertz CT molecular complexity index is 962. The smallest absolute Gasteiger partial charge is 0.220 e. The van der Waals surface area contributed by atoms with Crippen LogP contribution in [0.15, 0.2) is 54.6 Å². The Kier molecular flexibility index (Phi) is 7.98. The highest BCUT2D eigenvalue weighted by Crippen LogP contribution is 2.14. The summed E-state index contributed by atoms with van der Waals surface area (Å²) in [6.45, 7) is 4.56. The second-order valence-corrected chi connectivity index (χ2v) is 8.46. The van der Waals surface area contributed by atoms with Crippen molar-refractivity contribution >= 4 is 5.91 Å². The van der Waals surface area contributed by atoms with E-state index in [-0.39, 0.29) is 5.91 Å². The Balaban J connectivity index is 1.15. The zero-order valence-corrected chi connectivity index (χ0v) is 18.6. The number of hydrogen-bond donors (Lipinski definition) is 1. The molecule has 1 aliphatic rings. The molecule has 0 atom stereocenters. The highest BCUT2D eigenvalue weighted by molar-refractivity contribution is 5.75. The minimum Gasteiger partial charge on any atom is -0.352 e. The van der Waals surface area contributed by atoms with E-state index in [1.54, 1.807) is 4.80 Å². The zero-order valence-electron chi connectivity index (χ0n) is 18.6. The van der Waals surface area contributed by atoms with Crippen molar-refractivity contribution in [2.75, 3.05) is 13.1 Å². The second-order valence-electron chi connectivity index (χ2n) is 8.46. The minimum atomic E-state index is 0.0436. The number of benzene rings is 2. The fourth-order valence-corrected chi connectivity index (χ4v) is 4.03. The first kappa shape index (κ1) is 22.1. The van der Waals surface area contributed by atoms with Crippen LogP contribution in [0.4, 0.5) is 0 Å². The summed E-state index contributed by atoms with van der Waals surface area (Å²) in [5.74, 6) is 0.649. The SMILES string of the molecule is O=C(CCCn1nnc(-c2ccccc2)n1)NCc1ccc(CN2CCCCCC2)cc1. The lowest BCUT2D eigenvalue weighted by atomic mass is 10.1. The predicted octanol–water partition coefficient (Wildman–Crippen LogP) is 3.81. The second kappa shape index (κ2) is 11.5. The third-order valence-electron chi connectivity index (χ3n) is 5.86. The Hall–Kier alpha value is -3.06. The third kappa shape index (κ3) is 6.72. The van der Waals surface area contributed by atoms with E-state index in [0.717, 1.165) is 17.7 Å². The average Bonchev–Trinajstić information content (AvgIpc) is 3.15. The van der Waals surface area contributed by atoms with Crippen molar-refractivity contribution in [3.63, 3.8) is 0 Å². The van der Waals surface area contributed by atoms with Crippen molar-refractivity contribution in [1.82, 2.24) is 30.4 Å². The lowest BCUT2D eigenvalue weighted by Crippen LogP contribution is -2.24. The number of amides is 1. The summed E-state index contributed by atoms with van der Waals surface area (Å²) in [5, 5.41) is 15.6. The summed E-state index contributed by atoms with van der Waals surface area (Å²) in [7, 11) is 0. The molecular weight excluding hydrogens is 400 g/mol. The first-order chi connectivity index (χ1) is 15.8. The van der Waals surface area contributed by atoms with Crippen molar-refractivity contribution in [2.24, 2.45) is 0 Å². The van der Waals surface area contributed by atoms with Crippen LogP contribution in [-0.4, -0.2) is 44.1 Å². The number of aryl methyl sites for hydroxylation is 1. The minimum absolute atomic E-state index is 0.0436. The highest BCUT2D eigenvalue weighted by atomic mass is 16.1. The van der Waals surface area contributed by atoms with Gasteiger partial charge in [0.1, 0.15) is 0 Å². The van der Waals surface area contributed by atoms with E-state index in [1.165, 1.54) is 44.3 Å². The molecule has 0 radical (unpaired) electrons. The Morgan fingerprint density at radius 3 is 2.38 bits per heavy atom. The molecule has 1 fully saturated rings. The monoisotopic (exact) mass is 432 g/mol. The maximum atomic E-state index is 12.2. The number of carbonyl (C=O) groups excluding carboxylic acids is 1. The first-order valence-electron chi connectivity index (χ1n) is 11.7. The summed E-state index contributed by atoms with van der Waals surface area (Å²) in [6.07, 6.45) is 6.45. The van der Waals surface area contributed by atoms with E-state index >= 15 is 0 Å². The Morgan fingerprint density at radius 1 is 0.906 bits per heavy atom. The largest absolute Gasteiger partial charge is 0.352 e. The molecule has 0 saturated carbocycles. The molecule has 0 aliphatic carbocycles. The van der Waals surface area contributed by atoms with Gasteiger partial charge in [0.15, 0.2) is 0 Å². The molecule has 4 rings (SSSR count). The number of hydrogen-bond acceptors (Lipinski definition) is 5. The molecule has 2 heterocycles. The van der Waals surface area contributed by atoms with Gasteiger partial charge >= 0.3 is 0 Å². The van der Waals surface area contributed by atoms with Crippen molar-refractivity contribution in [3.05, 3.63) is 65.7 Å². The van der Waals surface area contributed by atoms with Gasteiger partial charge in [-0.15, -0.1) is 10.2 Å². The molecule has 1 aliphatic heterocycles. The van der Waals surface area contributed by atoms with Gasteiger partial charge in [0.25, 0.3) is 0 Å². The van der Waals surface area contributed by atoms with Crippen LogP contribution in [-0.2, 0) is 24.4 Å². The maximum absolute atomic E-state index is 12.2. The number of likely N-dealkylation sites (tertiary alicyclic amines) is 1. The molecule has 3 aromatic rings. The Morgan fingerprint density at radius 2 is 1.62 bits per heavy atom. The van der Waals surface area contributed by atoms with Crippen LogP contribution in [0.3, 0.4) is 0 Å². The van der Waals surface area contributed by atoms with Crippen molar-refractivity contribution < 1.29 is 4.79 Å². The number of carbonyl (C=O) groups is 1. The fourth-order valence-electron chi connectivity index (χ4n) is 4.03. The fraction of sp³-hybridized carbons (Fsp3) is 0.440. The predicted molar refractivity (Wildman–Crippen MR) is 125 cm³/mol. The van der Waals surface area contributed by atoms with Crippen molar-refractivity contribution in [2.45, 2.75) is 58.2 Å². The molecule has 0 bridgehead atoms. The molecule has 1 saturated heterocycles. The molecular formula is C25H32N6O. The van der Waals surface area contributed by atoms with Crippen LogP contribution < -0.4 is 5.32 Å². The molecule has 32 heavy (non-hydrogen) atoms. The summed E-state index contributed by atoms with van der Waals surface area (Å²) >= 11 is 0. The number of nitrogens with one attached hydrogen (secondary N) is 1. The van der Waals surface area contributed by atoms with Gasteiger partial charge in [-0.25, -0.2) is 0 Å². The number of nitrogens with zero attached hydrogens (tertiary/aromatic N) is 5. The van der Waals surface area contributed by atoms with E-state index in [1.807, 2.05) is 30.3 Å². The van der Waals surface area contributed by atoms with Crippen LogP contribution in [0, 0.1) is 0 Å². The number of tetrazole rings is 1. The molecule has 7 heteroatoms. The van der Waals surface area contributed by atoms with Gasteiger partial charge in [0, 0.05) is 25.1 Å². The van der Waals surface area contributed by atoms with Gasteiger partial charge in [0.05, 0.1) is 6.54 Å². The molecule has 2 aromatic carbocycles. The normalized spacial score (nSPS) is 14.8. The number of rotatable bonds is 9. The van der Waals surface area contributed by atoms with E-state index < -0.39 is 0 Å². The van der Waals surface area contributed by atoms with Crippen LogP contribution in [0.2, 0.25) is 0 Å². The van der Waals surface area contributed by atoms with Gasteiger partial charge in [0.2, 0.25) is 11.7 Å². The Labute approximate surface area is 189 Å². The van der Waals surface area contributed by atoms with Crippen LogP contribution >= 0.6 is 0 Å². The average molecular weight is 433 g/mol. The van der Waals surface area contributed by atoms with Gasteiger partial charge < -0.3 is 5.32 Å². The van der Waals surface area contributed by atoms with E-state index in [0.29, 0.717) is 31.8 Å². The maximum Gasteiger partial charge on any atom is 0.220 e. The van der Waals surface area contributed by atoms with E-state index in [9.17, 15) is 4.79 Å². The van der Waals surface area contributed by atoms with Crippen LogP contribution in [0.1, 0.15) is 49.7 Å². The standard InChI is InChI=1S/C25H32N6O/c32-24(11-8-18-31-28-25(27-29-31)23-9-4-3-5-10-23)26-19-21-12-14-22(15-13-21)20-30-16-6-1-2-7-17-30/h3-5,9-10,12-15H,1-2,6-8,11,16-20H2,(H,26,32). The molecule has 1 aromatic heterocycles. The number of aromatic nitrogens is 4. The summed E-state index contributed by atoms with van der Waals surface area (Å²) in [6, 6.07) is 18.4. The lowest BCUT2D eigenvalue weighted by molar-refractivity contribution is -0.121. The van der Waals surface area contributed by atoms with E-state index in [2.05, 4.69) is 49.9 Å². The quantitative estimate of drug-likeness (QED) is 0.556. The first-order valence-corrected chi connectivity index (χ1v) is 11.7.